The van der Waals surface area contributed by atoms with Crippen molar-refractivity contribution in [2.45, 2.75) is 0 Å². The van der Waals surface area contributed by atoms with Gasteiger partial charge in [-0.15, -0.1) is 0 Å². The van der Waals surface area contributed by atoms with Gasteiger partial charge >= 0.3 is 0 Å². The minimum absolute atomic E-state index is 0.310. The highest BCUT2D eigenvalue weighted by molar-refractivity contribution is 6.30. The van der Waals surface area contributed by atoms with Gasteiger partial charge < -0.3 is 4.52 Å². The predicted octanol–water partition coefficient (Wildman–Crippen LogP) is 4.00. The van der Waals surface area contributed by atoms with E-state index in [9.17, 15) is 0 Å². The summed E-state index contributed by atoms with van der Waals surface area (Å²) in [6, 6.07) is 10.4. The van der Waals surface area contributed by atoms with E-state index in [1.54, 1.807) is 30.3 Å². The number of pyridine rings is 1. The monoisotopic (exact) mass is 282 g/mol. The number of hydrogen-bond donors (Lipinski definition) is 0. The molecule has 0 aliphatic heterocycles. The highest BCUT2D eigenvalue weighted by Crippen LogP contribution is 2.24. The minimum atomic E-state index is 0.310. The Morgan fingerprint density at radius 3 is 2.85 bits per heavy atom. The molecule has 0 aliphatic carbocycles. The van der Waals surface area contributed by atoms with E-state index in [0.29, 0.717) is 28.1 Å². The van der Waals surface area contributed by atoms with Crippen molar-refractivity contribution in [3.05, 3.63) is 59.0 Å². The van der Waals surface area contributed by atoms with Crippen LogP contribution in [0.5, 0.6) is 0 Å². The zero-order chi connectivity index (χ0) is 13.9. The van der Waals surface area contributed by atoms with Crippen molar-refractivity contribution in [3.63, 3.8) is 0 Å². The zero-order valence-electron chi connectivity index (χ0n) is 10.1. The van der Waals surface area contributed by atoms with Gasteiger partial charge in [0, 0.05) is 11.8 Å². The Hall–Kier alpha value is -2.71. The van der Waals surface area contributed by atoms with Gasteiger partial charge in [0.2, 0.25) is 5.82 Å². The first kappa shape index (κ1) is 12.3. The second-order valence-corrected chi connectivity index (χ2v) is 4.38. The summed E-state index contributed by atoms with van der Waals surface area (Å²) >= 11 is 5.78. The average molecular weight is 283 g/mol. The van der Waals surface area contributed by atoms with E-state index in [0.717, 1.165) is 5.56 Å². The van der Waals surface area contributed by atoms with Crippen LogP contribution in [0.4, 0.5) is 5.69 Å². The van der Waals surface area contributed by atoms with Crippen LogP contribution in [0.25, 0.3) is 27.8 Å². The molecule has 2 heterocycles. The first-order valence-corrected chi connectivity index (χ1v) is 6.07. The first-order chi connectivity index (χ1) is 9.76. The Bertz CT molecular complexity index is 789. The van der Waals surface area contributed by atoms with Gasteiger partial charge in [0.1, 0.15) is 5.69 Å². The number of rotatable bonds is 2. The summed E-state index contributed by atoms with van der Waals surface area (Å²) in [5.74, 6) is 0.729. The molecule has 1 aromatic carbocycles. The van der Waals surface area contributed by atoms with E-state index in [2.05, 4.69) is 20.0 Å². The molecule has 0 radical (unpaired) electrons. The molecule has 3 aromatic rings. The molecule has 0 atom stereocenters. The van der Waals surface area contributed by atoms with Crippen LogP contribution < -0.4 is 0 Å². The van der Waals surface area contributed by atoms with E-state index in [1.807, 2.05) is 6.07 Å². The third-order valence-electron chi connectivity index (χ3n) is 2.61. The van der Waals surface area contributed by atoms with Crippen LogP contribution in [0.3, 0.4) is 0 Å². The molecule has 0 fully saturated rings. The summed E-state index contributed by atoms with van der Waals surface area (Å²) < 4.78 is 5.17. The summed E-state index contributed by atoms with van der Waals surface area (Å²) in [5.41, 5.74) is 1.80. The normalized spacial score (nSPS) is 10.2. The van der Waals surface area contributed by atoms with Crippen LogP contribution >= 0.6 is 11.6 Å². The molecule has 96 valence electrons. The number of aromatic nitrogens is 3. The predicted molar refractivity (Wildman–Crippen MR) is 74.2 cm³/mol. The molecular formula is C14H7ClN4O. The summed E-state index contributed by atoms with van der Waals surface area (Å²) in [6.45, 7) is 7.00. The second kappa shape index (κ2) is 5.11. The van der Waals surface area contributed by atoms with Crippen LogP contribution in [0.2, 0.25) is 5.02 Å². The van der Waals surface area contributed by atoms with Crippen molar-refractivity contribution in [1.82, 2.24) is 15.1 Å². The maximum Gasteiger partial charge on any atom is 0.276 e. The molecule has 0 bridgehead atoms. The van der Waals surface area contributed by atoms with Crippen molar-refractivity contribution in [2.24, 2.45) is 0 Å². The van der Waals surface area contributed by atoms with Gasteiger partial charge in [0.15, 0.2) is 5.69 Å². The SMILES string of the molecule is [C-]#[N+]c1cccc(-c2noc(-c3ccc(Cl)cn3)n2)c1. The lowest BCUT2D eigenvalue weighted by atomic mass is 10.2. The van der Waals surface area contributed by atoms with Gasteiger partial charge in [-0.05, 0) is 18.2 Å². The first-order valence-electron chi connectivity index (χ1n) is 5.70. The van der Waals surface area contributed by atoms with E-state index in [-0.39, 0.29) is 0 Å². The van der Waals surface area contributed by atoms with Crippen LogP contribution in [0.15, 0.2) is 47.1 Å². The third kappa shape index (κ3) is 2.37. The molecule has 5 nitrogen and oxygen atoms in total. The Morgan fingerprint density at radius 1 is 1.20 bits per heavy atom. The maximum atomic E-state index is 7.00. The van der Waals surface area contributed by atoms with Gasteiger partial charge in [-0.2, -0.15) is 4.98 Å². The Balaban J connectivity index is 1.97. The van der Waals surface area contributed by atoms with Gasteiger partial charge in [0.25, 0.3) is 5.89 Å². The molecule has 0 saturated heterocycles. The number of nitrogens with zero attached hydrogens (tertiary/aromatic N) is 4. The van der Waals surface area contributed by atoms with Crippen molar-refractivity contribution in [3.8, 4) is 23.0 Å². The average Bonchev–Trinajstić information content (AvgIpc) is 2.98. The lowest BCUT2D eigenvalue weighted by molar-refractivity contribution is 0.431. The fourth-order valence-corrected chi connectivity index (χ4v) is 1.77. The molecular weight excluding hydrogens is 276 g/mol. The Labute approximate surface area is 119 Å². The molecule has 0 N–H and O–H groups in total. The van der Waals surface area contributed by atoms with Gasteiger partial charge in [-0.25, -0.2) is 9.83 Å². The molecule has 0 aliphatic rings. The number of benzene rings is 1. The van der Waals surface area contributed by atoms with Crippen LogP contribution in [-0.4, -0.2) is 15.1 Å². The van der Waals surface area contributed by atoms with Gasteiger partial charge in [0.05, 0.1) is 11.6 Å². The highest BCUT2D eigenvalue weighted by Gasteiger charge is 2.11. The summed E-state index contributed by atoms with van der Waals surface area (Å²) in [7, 11) is 0. The molecule has 0 saturated carbocycles. The minimum Gasteiger partial charge on any atom is -0.332 e. The second-order valence-electron chi connectivity index (χ2n) is 3.95. The van der Waals surface area contributed by atoms with E-state index >= 15 is 0 Å². The third-order valence-corrected chi connectivity index (χ3v) is 2.83. The Kier molecular flexibility index (Phi) is 3.15. The molecule has 2 aromatic heterocycles. The van der Waals surface area contributed by atoms with Gasteiger partial charge in [-0.1, -0.05) is 35.0 Å². The summed E-state index contributed by atoms with van der Waals surface area (Å²) in [6.07, 6.45) is 1.51. The molecule has 0 amide bonds. The molecule has 6 heteroatoms. The lowest BCUT2D eigenvalue weighted by Crippen LogP contribution is -1.83. The quantitative estimate of drug-likeness (QED) is 0.667. The molecule has 20 heavy (non-hydrogen) atoms. The van der Waals surface area contributed by atoms with Crippen molar-refractivity contribution in [1.29, 1.82) is 0 Å². The van der Waals surface area contributed by atoms with Gasteiger partial charge in [-0.3, -0.25) is 0 Å². The number of hydrogen-bond acceptors (Lipinski definition) is 4. The molecule has 3 rings (SSSR count). The standard InChI is InChI=1S/C14H7ClN4O/c1-16-11-4-2-3-9(7-11)13-18-14(20-19-13)12-6-5-10(15)8-17-12/h2-8H. The lowest BCUT2D eigenvalue weighted by Gasteiger charge is -1.94. The Morgan fingerprint density at radius 2 is 2.10 bits per heavy atom. The van der Waals surface area contributed by atoms with Crippen LogP contribution in [-0.2, 0) is 0 Å². The van der Waals surface area contributed by atoms with E-state index in [1.165, 1.54) is 6.20 Å². The molecule has 0 spiro atoms. The van der Waals surface area contributed by atoms with Crippen LogP contribution in [0.1, 0.15) is 0 Å². The van der Waals surface area contributed by atoms with E-state index in [4.69, 9.17) is 22.7 Å². The summed E-state index contributed by atoms with van der Waals surface area (Å²) in [4.78, 5) is 11.8. The summed E-state index contributed by atoms with van der Waals surface area (Å²) in [5, 5.41) is 4.44. The van der Waals surface area contributed by atoms with Crippen LogP contribution in [0, 0.1) is 6.57 Å². The topological polar surface area (TPSA) is 56.2 Å². The van der Waals surface area contributed by atoms with E-state index < -0.39 is 0 Å². The fraction of sp³-hybridized carbons (Fsp3) is 0. The van der Waals surface area contributed by atoms with Crippen molar-refractivity contribution >= 4 is 17.3 Å². The zero-order valence-corrected chi connectivity index (χ0v) is 10.9. The fourth-order valence-electron chi connectivity index (χ4n) is 1.66. The molecule has 0 unspecified atom stereocenters. The highest BCUT2D eigenvalue weighted by atomic mass is 35.5. The van der Waals surface area contributed by atoms with Crippen molar-refractivity contribution < 1.29 is 4.52 Å². The smallest absolute Gasteiger partial charge is 0.276 e. The maximum absolute atomic E-state index is 7.00. The largest absolute Gasteiger partial charge is 0.332 e. The van der Waals surface area contributed by atoms with Crippen molar-refractivity contribution in [2.75, 3.05) is 0 Å². The number of halogens is 1.